The SMILES string of the molecule is C1CC2C3CNCC(C3)C2C1. The number of hydrogen-bond donors (Lipinski definition) is 1. The van der Waals surface area contributed by atoms with Gasteiger partial charge in [-0.2, -0.15) is 0 Å². The van der Waals surface area contributed by atoms with Crippen LogP contribution in [-0.2, 0) is 0 Å². The average Bonchev–Trinajstić information content (AvgIpc) is 2.58. The van der Waals surface area contributed by atoms with Crippen LogP contribution in [0.15, 0.2) is 0 Å². The zero-order valence-corrected chi connectivity index (χ0v) is 7.05. The molecule has 2 bridgehead atoms. The first-order chi connectivity index (χ1) is 5.45. The van der Waals surface area contributed by atoms with E-state index in [2.05, 4.69) is 5.32 Å². The number of fused-ring (bicyclic) bond motifs is 5. The first kappa shape index (κ1) is 6.47. The van der Waals surface area contributed by atoms with Gasteiger partial charge in [0.1, 0.15) is 0 Å². The Hall–Kier alpha value is -0.0400. The van der Waals surface area contributed by atoms with Crippen LogP contribution in [0.2, 0.25) is 0 Å². The van der Waals surface area contributed by atoms with Gasteiger partial charge in [-0.1, -0.05) is 6.42 Å². The van der Waals surface area contributed by atoms with Crippen LogP contribution >= 0.6 is 0 Å². The maximum absolute atomic E-state index is 3.58. The smallest absolute Gasteiger partial charge is 0.00175 e. The fourth-order valence-corrected chi connectivity index (χ4v) is 3.85. The molecule has 0 aromatic rings. The van der Waals surface area contributed by atoms with Gasteiger partial charge in [0.15, 0.2) is 0 Å². The molecule has 1 heteroatoms. The quantitative estimate of drug-likeness (QED) is 0.555. The van der Waals surface area contributed by atoms with E-state index in [-0.39, 0.29) is 0 Å². The molecule has 1 nitrogen and oxygen atoms in total. The Bertz CT molecular complexity index is 150. The van der Waals surface area contributed by atoms with Gasteiger partial charge in [-0.15, -0.1) is 0 Å². The summed E-state index contributed by atoms with van der Waals surface area (Å²) in [6, 6.07) is 0. The Kier molecular flexibility index (Phi) is 1.31. The molecule has 1 aliphatic heterocycles. The molecule has 3 fully saturated rings. The number of hydrogen-bond acceptors (Lipinski definition) is 1. The molecule has 1 heterocycles. The first-order valence-corrected chi connectivity index (χ1v) is 5.16. The molecule has 0 amide bonds. The van der Waals surface area contributed by atoms with Gasteiger partial charge in [0.05, 0.1) is 0 Å². The predicted octanol–water partition coefficient (Wildman–Crippen LogP) is 1.64. The van der Waals surface area contributed by atoms with Crippen molar-refractivity contribution >= 4 is 0 Å². The zero-order valence-electron chi connectivity index (χ0n) is 7.05. The van der Waals surface area contributed by atoms with Crippen molar-refractivity contribution < 1.29 is 0 Å². The van der Waals surface area contributed by atoms with Gasteiger partial charge in [-0.3, -0.25) is 0 Å². The highest BCUT2D eigenvalue weighted by Gasteiger charge is 2.46. The largest absolute Gasteiger partial charge is 0.316 e. The molecule has 2 saturated carbocycles. The summed E-state index contributed by atoms with van der Waals surface area (Å²) in [6.07, 6.45) is 6.19. The van der Waals surface area contributed by atoms with Crippen molar-refractivity contribution in [3.8, 4) is 0 Å². The van der Waals surface area contributed by atoms with E-state index >= 15 is 0 Å². The summed E-state index contributed by atoms with van der Waals surface area (Å²) in [5.41, 5.74) is 0. The van der Waals surface area contributed by atoms with Gasteiger partial charge in [-0.25, -0.2) is 0 Å². The zero-order chi connectivity index (χ0) is 7.26. The minimum Gasteiger partial charge on any atom is -0.316 e. The third-order valence-corrected chi connectivity index (χ3v) is 4.25. The third kappa shape index (κ3) is 0.807. The van der Waals surface area contributed by atoms with Gasteiger partial charge in [-0.05, 0) is 56.0 Å². The summed E-state index contributed by atoms with van der Waals surface area (Å²) >= 11 is 0. The van der Waals surface area contributed by atoms with Gasteiger partial charge in [0.2, 0.25) is 0 Å². The third-order valence-electron chi connectivity index (χ3n) is 4.25. The second-order valence-electron chi connectivity index (χ2n) is 4.67. The van der Waals surface area contributed by atoms with Crippen molar-refractivity contribution in [2.24, 2.45) is 23.7 Å². The second-order valence-corrected chi connectivity index (χ2v) is 4.67. The van der Waals surface area contributed by atoms with Crippen LogP contribution in [0, 0.1) is 23.7 Å². The molecule has 1 saturated heterocycles. The molecule has 11 heavy (non-hydrogen) atoms. The van der Waals surface area contributed by atoms with Crippen LogP contribution in [0.4, 0.5) is 0 Å². The summed E-state index contributed by atoms with van der Waals surface area (Å²) in [7, 11) is 0. The number of piperidine rings is 1. The summed E-state index contributed by atoms with van der Waals surface area (Å²) in [4.78, 5) is 0. The molecule has 3 aliphatic rings. The van der Waals surface area contributed by atoms with Crippen LogP contribution in [0.25, 0.3) is 0 Å². The summed E-state index contributed by atoms with van der Waals surface area (Å²) < 4.78 is 0. The highest BCUT2D eigenvalue weighted by molar-refractivity contribution is 4.98. The Morgan fingerprint density at radius 2 is 1.55 bits per heavy atom. The predicted molar refractivity (Wildman–Crippen MR) is 45.3 cm³/mol. The Morgan fingerprint density at radius 3 is 2.18 bits per heavy atom. The van der Waals surface area contributed by atoms with E-state index in [0.29, 0.717) is 0 Å². The first-order valence-electron chi connectivity index (χ1n) is 5.16. The number of nitrogens with one attached hydrogen (secondary N) is 1. The molecular weight excluding hydrogens is 134 g/mol. The van der Waals surface area contributed by atoms with Crippen molar-refractivity contribution in [1.82, 2.24) is 5.32 Å². The van der Waals surface area contributed by atoms with Crippen molar-refractivity contribution in [2.45, 2.75) is 25.7 Å². The van der Waals surface area contributed by atoms with E-state index in [4.69, 9.17) is 0 Å². The molecule has 4 atom stereocenters. The fourth-order valence-electron chi connectivity index (χ4n) is 3.85. The van der Waals surface area contributed by atoms with Crippen LogP contribution in [0.5, 0.6) is 0 Å². The lowest BCUT2D eigenvalue weighted by atomic mass is 9.92. The van der Waals surface area contributed by atoms with E-state index in [9.17, 15) is 0 Å². The molecular formula is C10H17N. The lowest BCUT2D eigenvalue weighted by Crippen LogP contribution is -2.32. The van der Waals surface area contributed by atoms with Crippen LogP contribution in [0.1, 0.15) is 25.7 Å². The van der Waals surface area contributed by atoms with E-state index in [0.717, 1.165) is 23.7 Å². The molecule has 0 aromatic carbocycles. The van der Waals surface area contributed by atoms with Gasteiger partial charge >= 0.3 is 0 Å². The minimum atomic E-state index is 1.07. The average molecular weight is 151 g/mol. The molecule has 2 aliphatic carbocycles. The lowest BCUT2D eigenvalue weighted by molar-refractivity contribution is 0.332. The van der Waals surface area contributed by atoms with Crippen molar-refractivity contribution in [1.29, 1.82) is 0 Å². The summed E-state index contributed by atoms with van der Waals surface area (Å²) in [6.45, 7) is 2.66. The topological polar surface area (TPSA) is 12.0 Å². The van der Waals surface area contributed by atoms with Gasteiger partial charge in [0, 0.05) is 0 Å². The molecule has 62 valence electrons. The van der Waals surface area contributed by atoms with Crippen molar-refractivity contribution in [2.75, 3.05) is 13.1 Å². The summed E-state index contributed by atoms with van der Waals surface area (Å²) in [5.74, 6) is 4.41. The van der Waals surface area contributed by atoms with Crippen LogP contribution < -0.4 is 5.32 Å². The maximum atomic E-state index is 3.58. The van der Waals surface area contributed by atoms with Crippen LogP contribution in [-0.4, -0.2) is 13.1 Å². The van der Waals surface area contributed by atoms with Gasteiger partial charge in [0.25, 0.3) is 0 Å². The van der Waals surface area contributed by atoms with E-state index in [1.54, 1.807) is 19.3 Å². The van der Waals surface area contributed by atoms with Crippen LogP contribution in [0.3, 0.4) is 0 Å². The molecule has 0 aromatic heterocycles. The maximum Gasteiger partial charge on any atom is -0.00175 e. The highest BCUT2D eigenvalue weighted by atomic mass is 14.9. The van der Waals surface area contributed by atoms with Gasteiger partial charge < -0.3 is 5.32 Å². The van der Waals surface area contributed by atoms with E-state index in [1.807, 2.05) is 0 Å². The molecule has 4 unspecified atom stereocenters. The minimum absolute atomic E-state index is 1.07. The lowest BCUT2D eigenvalue weighted by Gasteiger charge is -2.22. The Balaban J connectivity index is 1.88. The Morgan fingerprint density at radius 1 is 0.909 bits per heavy atom. The Labute approximate surface area is 68.6 Å². The molecule has 3 rings (SSSR count). The fraction of sp³-hybridized carbons (Fsp3) is 1.00. The standard InChI is InChI=1S/C10H17N/c1-2-9-7-4-8(6-11-5-7)10(9)3-1/h7-11H,1-6H2. The molecule has 0 radical (unpaired) electrons. The normalized spacial score (nSPS) is 54.5. The van der Waals surface area contributed by atoms with E-state index in [1.165, 1.54) is 19.5 Å². The number of rotatable bonds is 0. The molecule has 0 spiro atoms. The monoisotopic (exact) mass is 151 g/mol. The second kappa shape index (κ2) is 2.22. The van der Waals surface area contributed by atoms with Crippen molar-refractivity contribution in [3.63, 3.8) is 0 Å². The highest BCUT2D eigenvalue weighted by Crippen LogP contribution is 2.51. The van der Waals surface area contributed by atoms with Crippen molar-refractivity contribution in [3.05, 3.63) is 0 Å². The summed E-state index contributed by atoms with van der Waals surface area (Å²) in [5, 5.41) is 3.58. The van der Waals surface area contributed by atoms with E-state index < -0.39 is 0 Å². The molecule has 1 N–H and O–H groups in total.